The number of aliphatic hydroxyl groups excluding tert-OH is 3. The fourth-order valence-corrected chi connectivity index (χ4v) is 20.2. The molecule has 3 fully saturated rings. The summed E-state index contributed by atoms with van der Waals surface area (Å²) in [6, 6.07) is 1.25. The number of nitrogens with zero attached hydrogens (tertiary/aromatic N) is 6. The van der Waals surface area contributed by atoms with Crippen molar-refractivity contribution < 1.29 is 206 Å². The van der Waals surface area contributed by atoms with E-state index in [2.05, 4.69) is 65.3 Å². The zero-order valence-electron chi connectivity index (χ0n) is 55.5. The van der Waals surface area contributed by atoms with E-state index in [1.54, 1.807) is 0 Å². The van der Waals surface area contributed by atoms with Gasteiger partial charge < -0.3 is 125 Å². The van der Waals surface area contributed by atoms with Gasteiger partial charge in [0.05, 0.1) is 23.7 Å². The summed E-state index contributed by atoms with van der Waals surface area (Å²) in [5.74, 6) is 7.97. The third-order valence-corrected chi connectivity index (χ3v) is 26.3. The number of H-pyrrole nitrogens is 3. The lowest BCUT2D eigenvalue weighted by Gasteiger charge is -2.27. The molecule has 3 saturated heterocycles. The first kappa shape index (κ1) is 94.0. The molecule has 21 atom stereocenters. The fourth-order valence-electron chi connectivity index (χ4n) is 10.6. The molecule has 0 radical (unpaired) electrons. The highest BCUT2D eigenvalue weighted by Gasteiger charge is 2.62. The van der Waals surface area contributed by atoms with E-state index >= 15 is 0 Å². The van der Waals surface area contributed by atoms with E-state index in [-0.39, 0.29) is 17.0 Å². The van der Waals surface area contributed by atoms with Crippen molar-refractivity contribution in [3.05, 3.63) is 67.4 Å². The molecule has 0 spiro atoms. The van der Waals surface area contributed by atoms with Gasteiger partial charge in [-0.3, -0.25) is 52.0 Å². The Kier molecular flexibility index (Phi) is 28.6. The second-order valence-electron chi connectivity index (χ2n) is 22.7. The van der Waals surface area contributed by atoms with Crippen molar-refractivity contribution in [3.8, 4) is 35.5 Å². The van der Waals surface area contributed by atoms with Gasteiger partial charge in [0.1, 0.15) is 67.4 Å². The van der Waals surface area contributed by atoms with Crippen LogP contribution >= 0.6 is 70.4 Å². The van der Waals surface area contributed by atoms with Crippen LogP contribution in [0.25, 0.3) is 33.1 Å². The van der Waals surface area contributed by atoms with Gasteiger partial charge in [-0.1, -0.05) is 35.5 Å². The van der Waals surface area contributed by atoms with E-state index in [9.17, 15) is 137 Å². The Hall–Kier alpha value is -6.14. The third kappa shape index (κ3) is 22.6. The molecule has 0 bridgehead atoms. The molecule has 6 aromatic rings. The third-order valence-electron chi connectivity index (χ3n) is 14.5. The summed E-state index contributed by atoms with van der Waals surface area (Å²) in [5, 5.41) is 64.4. The zero-order chi connectivity index (χ0) is 85.7. The van der Waals surface area contributed by atoms with Crippen LogP contribution in [0.15, 0.2) is 39.0 Å². The maximum Gasteiger partial charge on any atom is 0.490 e. The Morgan fingerprint density at radius 2 is 0.726 bits per heavy atom. The summed E-state index contributed by atoms with van der Waals surface area (Å²) < 4.78 is 225. The minimum Gasteiger partial charge on any atom is -0.386 e. The normalized spacial score (nSPS) is 28.0. The molecule has 0 saturated carbocycles. The molecule has 54 nitrogen and oxygen atoms in total. The Balaban J connectivity index is 0.000000235. The van der Waals surface area contributed by atoms with E-state index in [1.807, 2.05) is 39.6 Å². The van der Waals surface area contributed by atoms with Gasteiger partial charge in [-0.25, -0.2) is 63.0 Å². The number of anilines is 3. The monoisotopic (exact) mass is 1810 g/mol. The maximum atomic E-state index is 14.6. The van der Waals surface area contributed by atoms with Gasteiger partial charge in [-0.2, -0.15) is 40.8 Å². The molecule has 27 N–H and O–H groups in total. The molecule has 0 amide bonds. The lowest BCUT2D eigenvalue weighted by atomic mass is 9.92. The SMILES string of the molecule is C[C@@H](OP(=O)(O)OP(=O)(O)OP(=O)(O)O)[C@H]1O[C@@H](n2cc(F)c3c(=O)[nH]c(N)nc32)C(O)(C#CCF)[C@H]1O.C[C@@H](OP(=O)(O)OP(=O)(O)OP(=O)(O)O)[C@H]1O[C@@H](n2ccc3c(=O)[nH]c(N)nc32)C(O)(C#CCF)[C@H]1O.C[C@H](OP(=O)(O)OP(=O)(O)OP(=O)(O)O)[C@H]1O[C@@H](n2cc(F)c3c(=O)[nH]c(N)nc32)C(O)(C#CCF)[C@H]1O. The molecule has 3 aliphatic rings. The van der Waals surface area contributed by atoms with E-state index in [0.29, 0.717) is 21.5 Å². The van der Waals surface area contributed by atoms with Crippen LogP contribution in [0.5, 0.6) is 0 Å². The molecule has 68 heteroatoms. The van der Waals surface area contributed by atoms with Crippen molar-refractivity contribution in [2.75, 3.05) is 37.2 Å². The molecule has 0 aromatic carbocycles. The number of nitrogens with one attached hydrogen (secondary N) is 3. The molecule has 3 aliphatic heterocycles. The standard InChI is InChI=1S/2C15H19F2N4O14P3.C15H20FN4O14P3/c2*1-6(33-37(28,29)35-38(30,31)34-36(25,26)27)9-10(22)15(24,3-2-4-16)13(32-9)21-5-7(17)8-11(21)19-14(18)20-12(8)23;1-7(32-36(27,28)34-37(29,30)33-35(24,25)26)9-10(21)15(23,4-2-5-16)13(31-9)20-6-3-8-11(20)18-14(17)19-12(8)22/h2*5-6,9-10,13,22,24H,4H2,1H3,(H,28,29)(H,30,31)(H2,25,26,27)(H3,18,19,20,23);3,6-7,9-10,13,21,23H,5H2,1H3,(H,27,28)(H,29,30)(H2,24,25,26)(H3,17,18,19,22)/t6-,9+,10-,13+,15?;6-,9-,10+,13-,15?;7-,9-,10+,13-,15?/m011/s1. The zero-order valence-corrected chi connectivity index (χ0v) is 63.6. The topological polar surface area (TPSA) is 859 Å². The van der Waals surface area contributed by atoms with Gasteiger partial charge >= 0.3 is 70.4 Å². The van der Waals surface area contributed by atoms with Crippen LogP contribution < -0.4 is 33.9 Å². The number of alkyl halides is 3. The van der Waals surface area contributed by atoms with Crippen LogP contribution in [0.2, 0.25) is 0 Å². The predicted molar refractivity (Wildman–Crippen MR) is 353 cm³/mol. The van der Waals surface area contributed by atoms with Crippen molar-refractivity contribution in [3.63, 3.8) is 0 Å². The molecule has 113 heavy (non-hydrogen) atoms. The summed E-state index contributed by atoms with van der Waals surface area (Å²) in [5.41, 5.74) is 4.34. The van der Waals surface area contributed by atoms with E-state index in [4.69, 9.17) is 60.8 Å². The number of rotatable bonds is 24. The van der Waals surface area contributed by atoms with Crippen molar-refractivity contribution in [2.24, 2.45) is 0 Å². The van der Waals surface area contributed by atoms with Crippen molar-refractivity contribution >= 4 is 121 Å². The number of halogens is 5. The largest absolute Gasteiger partial charge is 0.490 e. The van der Waals surface area contributed by atoms with Crippen LogP contribution in [-0.4, -0.2) is 225 Å². The van der Waals surface area contributed by atoms with E-state index < -0.39 is 243 Å². The molecule has 9 heterocycles. The van der Waals surface area contributed by atoms with Crippen LogP contribution in [0.4, 0.5) is 39.8 Å². The van der Waals surface area contributed by atoms with Gasteiger partial charge in [0.2, 0.25) is 17.8 Å². The number of aromatic nitrogens is 9. The van der Waals surface area contributed by atoms with Crippen LogP contribution in [0.1, 0.15) is 39.5 Å². The number of aliphatic hydroxyl groups is 6. The number of nitrogen functional groups attached to an aromatic ring is 3. The number of aromatic amines is 3. The minimum absolute atomic E-state index is 0.0298. The first-order valence-electron chi connectivity index (χ1n) is 29.3. The van der Waals surface area contributed by atoms with Crippen molar-refractivity contribution in [2.45, 2.75) is 111 Å². The second kappa shape index (κ2) is 34.4. The average molecular weight is 1810 g/mol. The smallest absolute Gasteiger partial charge is 0.386 e. The number of phosphoric acid groups is 9. The fraction of sp³-hybridized carbons (Fsp3) is 0.467. The van der Waals surface area contributed by atoms with Gasteiger partial charge in [0.15, 0.2) is 64.1 Å². The van der Waals surface area contributed by atoms with Crippen LogP contribution in [0, 0.1) is 47.2 Å². The first-order valence-corrected chi connectivity index (χ1v) is 42.9. The predicted octanol–water partition coefficient (Wildman–Crippen LogP) is -2.72. The maximum absolute atomic E-state index is 14.6. The van der Waals surface area contributed by atoms with Gasteiger partial charge in [-0.05, 0) is 26.8 Å². The number of nitrogens with two attached hydrogens (primary N) is 3. The first-order chi connectivity index (χ1) is 51.5. The highest BCUT2D eigenvalue weighted by molar-refractivity contribution is 7.68. The summed E-state index contributed by atoms with van der Waals surface area (Å²) in [6.07, 6.45) is -21.1. The Morgan fingerprint density at radius 1 is 0.460 bits per heavy atom. The quantitative estimate of drug-likeness (QED) is 0.0166. The molecular weight excluding hydrogens is 1750 g/mol. The number of hydrogen-bond acceptors (Lipinski definition) is 36. The summed E-state index contributed by atoms with van der Waals surface area (Å²) >= 11 is 0. The highest BCUT2D eigenvalue weighted by atomic mass is 31.3. The number of phosphoric ester groups is 3. The molecule has 630 valence electrons. The van der Waals surface area contributed by atoms with Crippen LogP contribution in [0.3, 0.4) is 0 Å². The summed E-state index contributed by atoms with van der Waals surface area (Å²) in [7, 11) is -51.7. The van der Waals surface area contributed by atoms with E-state index in [1.165, 1.54) is 12.3 Å². The van der Waals surface area contributed by atoms with Crippen molar-refractivity contribution in [1.82, 2.24) is 43.6 Å². The van der Waals surface area contributed by atoms with Gasteiger partial charge in [0.25, 0.3) is 16.7 Å². The second-order valence-corrected chi connectivity index (χ2v) is 35.8. The lowest BCUT2D eigenvalue weighted by molar-refractivity contribution is -0.0832. The Morgan fingerprint density at radius 3 is 1.00 bits per heavy atom. The van der Waals surface area contributed by atoms with Crippen LogP contribution in [-0.2, 0) is 94.7 Å². The molecular formula is C45H58F5N12O42P9. The van der Waals surface area contributed by atoms with Gasteiger partial charge in [-0.15, -0.1) is 0 Å². The molecule has 9 unspecified atom stereocenters. The summed E-state index contributed by atoms with van der Waals surface area (Å²) in [4.78, 5) is 163. The average Bonchev–Trinajstić information content (AvgIpc) is 1.59. The van der Waals surface area contributed by atoms with E-state index in [0.717, 1.165) is 25.3 Å². The highest BCUT2D eigenvalue weighted by Crippen LogP contribution is 2.69. The summed E-state index contributed by atoms with van der Waals surface area (Å²) in [6.45, 7) is -1.14. The Labute approximate surface area is 620 Å². The molecule has 6 aromatic heterocycles. The minimum atomic E-state index is -5.89. The number of hydrogen-bond donors (Lipinski definition) is 24. The van der Waals surface area contributed by atoms with Crippen molar-refractivity contribution in [1.29, 1.82) is 0 Å². The number of fused-ring (bicyclic) bond motifs is 3. The molecule has 9 rings (SSSR count). The molecule has 0 aliphatic carbocycles. The Bertz CT molecular complexity index is 5270. The lowest BCUT2D eigenvalue weighted by Crippen LogP contribution is -2.47. The number of ether oxygens (including phenoxy) is 3. The van der Waals surface area contributed by atoms with Gasteiger partial charge in [0, 0.05) is 18.6 Å².